The van der Waals surface area contributed by atoms with Crippen molar-refractivity contribution in [1.82, 2.24) is 29.9 Å². The Hall–Kier alpha value is -15.1. The quantitative estimate of drug-likeness (QED) is 0.144. The molecule has 24 rings (SSSR count). The van der Waals surface area contributed by atoms with Crippen molar-refractivity contribution in [1.29, 1.82) is 0 Å². The average molecular weight is 1530 g/mol. The van der Waals surface area contributed by atoms with Gasteiger partial charge in [-0.3, -0.25) is 0 Å². The van der Waals surface area contributed by atoms with Gasteiger partial charge in [0, 0.05) is 103 Å². The molecule has 6 aromatic heterocycles. The molecular weight excluding hydrogens is 1450 g/mol. The van der Waals surface area contributed by atoms with Crippen LogP contribution in [-0.2, 0) is 5.41 Å². The van der Waals surface area contributed by atoms with Gasteiger partial charge in [0.2, 0.25) is 0 Å². The molecular formula is C110H76N6O3. The zero-order valence-electron chi connectivity index (χ0n) is 66.4. The third-order valence-electron chi connectivity index (χ3n) is 23.7. The molecule has 0 saturated heterocycles. The van der Waals surface area contributed by atoms with Crippen molar-refractivity contribution in [3.05, 3.63) is 363 Å². The lowest BCUT2D eigenvalue weighted by atomic mass is 9.87. The van der Waals surface area contributed by atoms with E-state index in [1.165, 1.54) is 32.3 Å². The number of nitrogens with zero attached hydrogens (tertiary/aromatic N) is 6. The van der Waals surface area contributed by atoms with Gasteiger partial charge in [-0.25, -0.2) is 29.9 Å². The minimum Gasteiger partial charge on any atom is -0.455 e. The van der Waals surface area contributed by atoms with Crippen LogP contribution in [0.5, 0.6) is 0 Å². The maximum atomic E-state index is 6.38. The molecule has 24 aromatic rings. The summed E-state index contributed by atoms with van der Waals surface area (Å²) in [6.07, 6.45) is 0. The normalized spacial score (nSPS) is 12.0. The van der Waals surface area contributed by atoms with Crippen LogP contribution in [0.1, 0.15) is 57.6 Å². The molecule has 0 aliphatic carbocycles. The average Bonchev–Trinajstić information content (AvgIpc) is 1.52. The van der Waals surface area contributed by atoms with E-state index in [0.29, 0.717) is 0 Å². The van der Waals surface area contributed by atoms with E-state index in [1.54, 1.807) is 0 Å². The smallest absolute Gasteiger partial charge is 0.143 e. The number of fused-ring (bicyclic) bond motifs is 27. The number of aryl methyl sites for hydroxylation is 1. The van der Waals surface area contributed by atoms with E-state index in [1.807, 2.05) is 36.4 Å². The summed E-state index contributed by atoms with van der Waals surface area (Å²) < 4.78 is 19.1. The molecule has 0 saturated carbocycles. The Bertz CT molecular complexity index is 8310. The molecule has 0 fully saturated rings. The number of furan rings is 3. The first-order valence-corrected chi connectivity index (χ1v) is 40.7. The van der Waals surface area contributed by atoms with E-state index in [0.717, 1.165) is 215 Å². The lowest BCUT2D eigenvalue weighted by molar-refractivity contribution is 0.571. The van der Waals surface area contributed by atoms with E-state index < -0.39 is 0 Å². The molecule has 0 aliphatic rings. The summed E-state index contributed by atoms with van der Waals surface area (Å²) in [7, 11) is 0. The van der Waals surface area contributed by atoms with Crippen LogP contribution in [0.3, 0.4) is 0 Å². The Kier molecular flexibility index (Phi) is 16.7. The maximum absolute atomic E-state index is 6.38. The van der Waals surface area contributed by atoms with Crippen LogP contribution < -0.4 is 0 Å². The van der Waals surface area contributed by atoms with Crippen molar-refractivity contribution < 1.29 is 13.3 Å². The van der Waals surface area contributed by atoms with Crippen LogP contribution in [0.25, 0.3) is 231 Å². The molecule has 9 heteroatoms. The summed E-state index contributed by atoms with van der Waals surface area (Å²) in [6.45, 7) is 13.1. The summed E-state index contributed by atoms with van der Waals surface area (Å²) in [5.41, 5.74) is 26.2. The van der Waals surface area contributed by atoms with Crippen molar-refractivity contribution in [2.45, 2.75) is 52.9 Å². The second-order valence-electron chi connectivity index (χ2n) is 32.4. The van der Waals surface area contributed by atoms with Gasteiger partial charge < -0.3 is 13.3 Å². The zero-order valence-corrected chi connectivity index (χ0v) is 66.4. The molecule has 0 atom stereocenters. The summed E-state index contributed by atoms with van der Waals surface area (Å²) in [6, 6.07) is 121. The highest BCUT2D eigenvalue weighted by Gasteiger charge is 2.27. The van der Waals surface area contributed by atoms with Crippen molar-refractivity contribution in [2.24, 2.45) is 0 Å². The van der Waals surface area contributed by atoms with Gasteiger partial charge in [0.15, 0.2) is 0 Å². The molecule has 0 aliphatic heterocycles. The summed E-state index contributed by atoms with van der Waals surface area (Å²) in [5.74, 6) is 0.208. The first-order valence-electron chi connectivity index (χ1n) is 40.7. The number of hydrogen-bond acceptors (Lipinski definition) is 9. The number of hydrogen-bond donors (Lipinski definition) is 0. The Morgan fingerprint density at radius 2 is 0.479 bits per heavy atom. The molecule has 0 N–H and O–H groups in total. The lowest BCUT2D eigenvalue weighted by Gasteiger charge is -2.23. The molecule has 119 heavy (non-hydrogen) atoms. The monoisotopic (exact) mass is 1530 g/mol. The van der Waals surface area contributed by atoms with Crippen LogP contribution >= 0.6 is 0 Å². The second kappa shape index (κ2) is 28.1. The third-order valence-corrected chi connectivity index (χ3v) is 23.7. The lowest BCUT2D eigenvalue weighted by Crippen LogP contribution is -2.16. The van der Waals surface area contributed by atoms with Crippen molar-refractivity contribution in [2.75, 3.05) is 0 Å². The molecule has 564 valence electrons. The van der Waals surface area contributed by atoms with Gasteiger partial charge in [-0.15, -0.1) is 0 Å². The SMILES string of the molecule is CC(C)(C)c1nc2c3ccccc3c3ccccc3c2nc1-c1cccc(-c2cccc3c2oc2ccccc23)c1.CC(C)c1nc2c3ccccc3c3ccccc3c2nc1-c1cccc(-c2cccc3c2oc2ccccc23)c1.Cc1nc2c3ccccc3c3ccccc3c2nc1-c1cccc(-c2cccc3c2oc2ccccc23)c1. The first kappa shape index (κ1) is 70.6. The van der Waals surface area contributed by atoms with E-state index in [9.17, 15) is 0 Å². The third kappa shape index (κ3) is 11.8. The highest BCUT2D eigenvalue weighted by Crippen LogP contribution is 2.46. The second-order valence-corrected chi connectivity index (χ2v) is 32.4. The predicted molar refractivity (Wildman–Crippen MR) is 496 cm³/mol. The highest BCUT2D eigenvalue weighted by molar-refractivity contribution is 6.26. The number of para-hydroxylation sites is 6. The van der Waals surface area contributed by atoms with E-state index >= 15 is 0 Å². The van der Waals surface area contributed by atoms with Crippen LogP contribution in [0, 0.1) is 6.92 Å². The van der Waals surface area contributed by atoms with Gasteiger partial charge in [-0.1, -0.05) is 344 Å². The molecule has 9 nitrogen and oxygen atoms in total. The number of benzene rings is 18. The molecule has 18 aromatic carbocycles. The minimum atomic E-state index is -0.210. The van der Waals surface area contributed by atoms with E-state index in [-0.39, 0.29) is 11.3 Å². The summed E-state index contributed by atoms with van der Waals surface area (Å²) in [4.78, 5) is 32.0. The van der Waals surface area contributed by atoms with Gasteiger partial charge in [-0.05, 0) is 98.2 Å². The Labute approximate surface area is 685 Å². The van der Waals surface area contributed by atoms with E-state index in [2.05, 4.69) is 351 Å². The maximum Gasteiger partial charge on any atom is 0.143 e. The largest absolute Gasteiger partial charge is 0.455 e. The van der Waals surface area contributed by atoms with Gasteiger partial charge in [-0.2, -0.15) is 0 Å². The van der Waals surface area contributed by atoms with Crippen molar-refractivity contribution in [3.63, 3.8) is 0 Å². The fraction of sp³-hybridized carbons (Fsp3) is 0.0727. The molecule has 0 radical (unpaired) electrons. The molecule has 0 spiro atoms. The van der Waals surface area contributed by atoms with Gasteiger partial charge >= 0.3 is 0 Å². The molecule has 6 heterocycles. The highest BCUT2D eigenvalue weighted by atomic mass is 16.3. The van der Waals surface area contributed by atoms with Crippen molar-refractivity contribution >= 4 is 164 Å². The summed E-state index contributed by atoms with van der Waals surface area (Å²) in [5, 5.41) is 20.8. The predicted octanol–water partition coefficient (Wildman–Crippen LogP) is 30.2. The number of rotatable bonds is 7. The van der Waals surface area contributed by atoms with E-state index in [4.69, 9.17) is 43.2 Å². The minimum absolute atomic E-state index is 0.208. The Balaban J connectivity index is 0.000000107. The molecule has 0 bridgehead atoms. The molecule has 0 amide bonds. The van der Waals surface area contributed by atoms with Gasteiger partial charge in [0.25, 0.3) is 0 Å². The van der Waals surface area contributed by atoms with Crippen LogP contribution in [0.15, 0.2) is 359 Å². The molecule has 0 unspecified atom stereocenters. The Morgan fingerprint density at radius 1 is 0.227 bits per heavy atom. The summed E-state index contributed by atoms with van der Waals surface area (Å²) >= 11 is 0. The van der Waals surface area contributed by atoms with Crippen LogP contribution in [0.4, 0.5) is 0 Å². The first-order chi connectivity index (χ1) is 58.4. The van der Waals surface area contributed by atoms with Crippen LogP contribution in [0.2, 0.25) is 0 Å². The zero-order chi connectivity index (χ0) is 79.7. The number of aromatic nitrogens is 6. The standard InChI is InChI=1S/C38H28N2O.C37H26N2O.C35H22N2O/c1-38(2,3)37-33(39-34-29-17-6-4-14-26(29)27-15-5-7-18-30(27)35(34)40-37)24-13-10-12-23(22-24)25-19-11-20-31-28-16-8-9-21-32(28)41-36(25)31;1-22(2)33-34(39-36-30-17-6-4-14-27(30)26-13-3-5-16-29(26)35(36)38-33)24-12-9-11-23(21-24)25-18-10-19-31-28-15-7-8-20-32(28)40-37(25)31;1-21-32(37-34-29-16-5-3-13-26(29)25-12-2-4-15-28(25)33(34)36-21)23-11-8-10-22(20-23)24-17-9-18-30-27-14-6-7-19-31(27)38-35(24)30/h4-22H,1-3H3;3-22H,1-2H3;2-20H,1H3. The van der Waals surface area contributed by atoms with Gasteiger partial charge in [0.1, 0.15) is 33.5 Å². The Morgan fingerprint density at radius 3 is 0.824 bits per heavy atom. The fourth-order valence-corrected chi connectivity index (χ4v) is 18.1. The van der Waals surface area contributed by atoms with Gasteiger partial charge in [0.05, 0.1) is 67.3 Å². The van der Waals surface area contributed by atoms with Crippen LogP contribution in [-0.4, -0.2) is 29.9 Å². The van der Waals surface area contributed by atoms with Crippen molar-refractivity contribution in [3.8, 4) is 67.2 Å². The fourth-order valence-electron chi connectivity index (χ4n) is 18.1. The topological polar surface area (TPSA) is 117 Å².